The smallest absolute Gasteiger partial charge is 0.243 e. The lowest BCUT2D eigenvalue weighted by Crippen LogP contribution is -2.28. The van der Waals surface area contributed by atoms with Crippen LogP contribution in [0.3, 0.4) is 0 Å². The molecule has 1 aromatic carbocycles. The molecule has 1 aromatic rings. The van der Waals surface area contributed by atoms with Crippen molar-refractivity contribution in [2.24, 2.45) is 0 Å². The molecule has 2 aliphatic rings. The minimum Gasteiger partial charge on any atom is -0.454 e. The van der Waals surface area contributed by atoms with Crippen LogP contribution in [0.4, 0.5) is 0 Å². The Balaban J connectivity index is 1.98. The SMILES string of the molecule is CN(C1CC1)S(=O)(=O)c1ccc2c(c1)OCO2. The second kappa shape index (κ2) is 3.61. The van der Waals surface area contributed by atoms with Gasteiger partial charge in [0.15, 0.2) is 11.5 Å². The second-order valence-corrected chi connectivity index (χ2v) is 6.26. The van der Waals surface area contributed by atoms with Crippen molar-refractivity contribution >= 4 is 10.0 Å². The van der Waals surface area contributed by atoms with Crippen LogP contribution in [-0.4, -0.2) is 32.6 Å². The lowest BCUT2D eigenvalue weighted by molar-refractivity contribution is 0.174. The number of hydrogen-bond acceptors (Lipinski definition) is 4. The molecule has 0 spiro atoms. The summed E-state index contributed by atoms with van der Waals surface area (Å²) in [6.45, 7) is 0.150. The third kappa shape index (κ3) is 1.77. The summed E-state index contributed by atoms with van der Waals surface area (Å²) in [6.07, 6.45) is 1.89. The first-order valence-electron chi connectivity index (χ1n) is 5.47. The van der Waals surface area contributed by atoms with Crippen molar-refractivity contribution in [1.29, 1.82) is 0 Å². The molecule has 17 heavy (non-hydrogen) atoms. The molecule has 1 fully saturated rings. The number of fused-ring (bicyclic) bond motifs is 1. The maximum atomic E-state index is 12.2. The molecule has 0 atom stereocenters. The number of rotatable bonds is 3. The molecule has 5 nitrogen and oxygen atoms in total. The van der Waals surface area contributed by atoms with Gasteiger partial charge in [0.1, 0.15) is 0 Å². The fourth-order valence-corrected chi connectivity index (χ4v) is 3.27. The summed E-state index contributed by atoms with van der Waals surface area (Å²) in [5, 5.41) is 0. The van der Waals surface area contributed by atoms with Gasteiger partial charge in [0.25, 0.3) is 0 Å². The van der Waals surface area contributed by atoms with Crippen LogP contribution in [0.5, 0.6) is 11.5 Å². The summed E-state index contributed by atoms with van der Waals surface area (Å²) in [6, 6.07) is 4.87. The van der Waals surface area contributed by atoms with Gasteiger partial charge in [-0.2, -0.15) is 4.31 Å². The number of nitrogens with zero attached hydrogens (tertiary/aromatic N) is 1. The maximum absolute atomic E-state index is 12.2. The first kappa shape index (κ1) is 10.9. The predicted octanol–water partition coefficient (Wildman–Crippen LogP) is 1.20. The van der Waals surface area contributed by atoms with Gasteiger partial charge in [-0.15, -0.1) is 0 Å². The van der Waals surface area contributed by atoms with Gasteiger partial charge in [-0.1, -0.05) is 0 Å². The van der Waals surface area contributed by atoms with E-state index in [9.17, 15) is 8.42 Å². The molecule has 3 rings (SSSR count). The van der Waals surface area contributed by atoms with Gasteiger partial charge in [0.05, 0.1) is 4.90 Å². The van der Waals surface area contributed by atoms with Crippen molar-refractivity contribution in [2.75, 3.05) is 13.8 Å². The van der Waals surface area contributed by atoms with E-state index in [-0.39, 0.29) is 17.7 Å². The molecule has 1 heterocycles. The van der Waals surface area contributed by atoms with Gasteiger partial charge in [-0.3, -0.25) is 0 Å². The average molecular weight is 255 g/mol. The van der Waals surface area contributed by atoms with Gasteiger partial charge < -0.3 is 9.47 Å². The Morgan fingerprint density at radius 2 is 1.94 bits per heavy atom. The highest BCUT2D eigenvalue weighted by Gasteiger charge is 2.35. The molecule has 0 bridgehead atoms. The summed E-state index contributed by atoms with van der Waals surface area (Å²) >= 11 is 0. The lowest BCUT2D eigenvalue weighted by atomic mass is 10.3. The normalized spacial score (nSPS) is 18.7. The highest BCUT2D eigenvalue weighted by molar-refractivity contribution is 7.89. The van der Waals surface area contributed by atoms with Crippen molar-refractivity contribution in [3.63, 3.8) is 0 Å². The molecule has 0 radical (unpaired) electrons. The summed E-state index contributed by atoms with van der Waals surface area (Å²) in [7, 11) is -1.78. The Labute approximate surface area is 100.0 Å². The van der Waals surface area contributed by atoms with E-state index in [4.69, 9.17) is 9.47 Å². The minimum absolute atomic E-state index is 0.150. The number of benzene rings is 1. The molecular formula is C11H13NO4S. The summed E-state index contributed by atoms with van der Waals surface area (Å²) < 4.78 is 36.3. The van der Waals surface area contributed by atoms with Gasteiger partial charge >= 0.3 is 0 Å². The lowest BCUT2D eigenvalue weighted by Gasteiger charge is -2.16. The Hall–Kier alpha value is -1.27. The van der Waals surface area contributed by atoms with Crippen LogP contribution < -0.4 is 9.47 Å². The van der Waals surface area contributed by atoms with Gasteiger partial charge in [-0.25, -0.2) is 8.42 Å². The van der Waals surface area contributed by atoms with Gasteiger partial charge in [0, 0.05) is 19.2 Å². The van der Waals surface area contributed by atoms with E-state index < -0.39 is 10.0 Å². The predicted molar refractivity (Wildman–Crippen MR) is 60.5 cm³/mol. The molecule has 0 N–H and O–H groups in total. The molecule has 6 heteroatoms. The van der Waals surface area contributed by atoms with Crippen molar-refractivity contribution in [1.82, 2.24) is 4.31 Å². The van der Waals surface area contributed by atoms with E-state index in [2.05, 4.69) is 0 Å². The van der Waals surface area contributed by atoms with Crippen molar-refractivity contribution in [3.8, 4) is 11.5 Å². The number of sulfonamides is 1. The molecule has 0 unspecified atom stereocenters. The van der Waals surface area contributed by atoms with E-state index >= 15 is 0 Å². The van der Waals surface area contributed by atoms with Gasteiger partial charge in [-0.05, 0) is 25.0 Å². The van der Waals surface area contributed by atoms with Crippen molar-refractivity contribution in [3.05, 3.63) is 18.2 Å². The molecule has 0 aromatic heterocycles. The number of hydrogen-bond donors (Lipinski definition) is 0. The minimum atomic E-state index is -3.40. The highest BCUT2D eigenvalue weighted by Crippen LogP contribution is 2.36. The average Bonchev–Trinajstić information content (AvgIpc) is 3.05. The Morgan fingerprint density at radius 1 is 1.24 bits per heavy atom. The van der Waals surface area contributed by atoms with Crippen LogP contribution in [0.25, 0.3) is 0 Å². The van der Waals surface area contributed by atoms with Crippen molar-refractivity contribution in [2.45, 2.75) is 23.8 Å². The van der Waals surface area contributed by atoms with Crippen LogP contribution in [0.2, 0.25) is 0 Å². The summed E-state index contributed by atoms with van der Waals surface area (Å²) in [4.78, 5) is 0.260. The van der Waals surface area contributed by atoms with Gasteiger partial charge in [0.2, 0.25) is 16.8 Å². The summed E-state index contributed by atoms with van der Waals surface area (Å²) in [5.41, 5.74) is 0. The zero-order chi connectivity index (χ0) is 12.0. The Bertz CT molecular complexity index is 551. The van der Waals surface area contributed by atoms with E-state index in [0.717, 1.165) is 12.8 Å². The topological polar surface area (TPSA) is 55.8 Å². The van der Waals surface area contributed by atoms with Crippen LogP contribution in [0.1, 0.15) is 12.8 Å². The second-order valence-electron chi connectivity index (χ2n) is 4.27. The Kier molecular flexibility index (Phi) is 2.31. The fraction of sp³-hybridized carbons (Fsp3) is 0.455. The van der Waals surface area contributed by atoms with E-state index in [1.54, 1.807) is 19.2 Å². The molecular weight excluding hydrogens is 242 g/mol. The largest absolute Gasteiger partial charge is 0.454 e. The molecule has 92 valence electrons. The zero-order valence-corrected chi connectivity index (χ0v) is 10.2. The Morgan fingerprint density at radius 3 is 2.65 bits per heavy atom. The first-order valence-corrected chi connectivity index (χ1v) is 6.91. The molecule has 0 amide bonds. The van der Waals surface area contributed by atoms with Crippen LogP contribution in [-0.2, 0) is 10.0 Å². The number of ether oxygens (including phenoxy) is 2. The molecule has 1 aliphatic heterocycles. The molecule has 0 saturated heterocycles. The summed E-state index contributed by atoms with van der Waals surface area (Å²) in [5.74, 6) is 1.09. The third-order valence-electron chi connectivity index (χ3n) is 3.08. The van der Waals surface area contributed by atoms with Crippen molar-refractivity contribution < 1.29 is 17.9 Å². The molecule has 1 aliphatic carbocycles. The zero-order valence-electron chi connectivity index (χ0n) is 9.42. The van der Waals surface area contributed by atoms with Crippen LogP contribution >= 0.6 is 0 Å². The first-order chi connectivity index (χ1) is 8.09. The monoisotopic (exact) mass is 255 g/mol. The molecule has 1 saturated carbocycles. The highest BCUT2D eigenvalue weighted by atomic mass is 32.2. The maximum Gasteiger partial charge on any atom is 0.243 e. The van der Waals surface area contributed by atoms with Crippen LogP contribution in [0, 0.1) is 0 Å². The third-order valence-corrected chi connectivity index (χ3v) is 4.99. The van der Waals surface area contributed by atoms with E-state index in [1.165, 1.54) is 10.4 Å². The van der Waals surface area contributed by atoms with Crippen LogP contribution in [0.15, 0.2) is 23.1 Å². The fourth-order valence-electron chi connectivity index (χ4n) is 1.84. The standard InChI is InChI=1S/C11H13NO4S/c1-12(8-2-3-8)17(13,14)9-4-5-10-11(6-9)16-7-15-10/h4-6,8H,2-3,7H2,1H3. The van der Waals surface area contributed by atoms with E-state index in [0.29, 0.717) is 11.5 Å². The quantitative estimate of drug-likeness (QED) is 0.814. The van der Waals surface area contributed by atoms with E-state index in [1.807, 2.05) is 0 Å².